The van der Waals surface area contributed by atoms with Crippen molar-refractivity contribution in [3.8, 4) is 0 Å². The van der Waals surface area contributed by atoms with Crippen molar-refractivity contribution < 1.29 is 0 Å². The number of hydrogen-bond acceptors (Lipinski definition) is 2. The van der Waals surface area contributed by atoms with Gasteiger partial charge in [-0.05, 0) is 31.7 Å². The van der Waals surface area contributed by atoms with E-state index >= 15 is 0 Å². The van der Waals surface area contributed by atoms with Gasteiger partial charge in [-0.1, -0.05) is 29.8 Å². The highest BCUT2D eigenvalue weighted by Crippen LogP contribution is 2.40. The molecule has 2 aromatic rings. The Labute approximate surface area is 107 Å². The molecule has 1 aliphatic carbocycles. The predicted octanol–water partition coefficient (Wildman–Crippen LogP) is 4.11. The van der Waals surface area contributed by atoms with Crippen LogP contribution in [0.25, 0.3) is 0 Å². The molecule has 1 nitrogen and oxygen atoms in total. The lowest BCUT2D eigenvalue weighted by atomic mass is 10.1. The lowest BCUT2D eigenvalue weighted by Crippen LogP contribution is -1.91. The highest BCUT2D eigenvalue weighted by Gasteiger charge is 2.25. The van der Waals surface area contributed by atoms with Crippen LogP contribution in [0.1, 0.15) is 40.6 Å². The zero-order chi connectivity index (χ0) is 11.7. The normalized spacial score (nSPS) is 15.1. The van der Waals surface area contributed by atoms with Gasteiger partial charge in [0.25, 0.3) is 0 Å². The summed E-state index contributed by atoms with van der Waals surface area (Å²) in [7, 11) is 0. The number of aryl methyl sites for hydroxylation is 3. The van der Waals surface area contributed by atoms with E-state index in [1.807, 2.05) is 11.3 Å². The maximum Gasteiger partial charge on any atom is 0.0931 e. The van der Waals surface area contributed by atoms with E-state index in [0.717, 1.165) is 18.8 Å². The summed E-state index contributed by atoms with van der Waals surface area (Å²) in [6.45, 7) is 2.13. The molecule has 1 aromatic carbocycles. The quantitative estimate of drug-likeness (QED) is 0.787. The van der Waals surface area contributed by atoms with Gasteiger partial charge in [-0.3, -0.25) is 0 Å². The number of hydrogen-bond donors (Lipinski definition) is 0. The average Bonchev–Trinajstić information content (AvgIpc) is 3.09. The summed E-state index contributed by atoms with van der Waals surface area (Å²) in [5, 5.41) is 3.55. The molecule has 88 valence electrons. The fourth-order valence-electron chi connectivity index (χ4n) is 2.01. The third-order valence-corrected chi connectivity index (χ3v) is 4.24. The highest BCUT2D eigenvalue weighted by atomic mass is 32.1. The summed E-state index contributed by atoms with van der Waals surface area (Å²) in [5.74, 6) is 0.791. The van der Waals surface area contributed by atoms with Gasteiger partial charge in [-0.25, -0.2) is 4.98 Å². The summed E-state index contributed by atoms with van der Waals surface area (Å²) in [4.78, 5) is 4.72. The van der Waals surface area contributed by atoms with Crippen molar-refractivity contribution in [3.05, 3.63) is 51.5 Å². The van der Waals surface area contributed by atoms with Crippen LogP contribution in [0.2, 0.25) is 0 Å². The molecule has 1 saturated carbocycles. The largest absolute Gasteiger partial charge is 0.246 e. The average molecular weight is 243 g/mol. The second-order valence-electron chi connectivity index (χ2n) is 4.93. The van der Waals surface area contributed by atoms with Crippen LogP contribution in [0, 0.1) is 6.92 Å². The van der Waals surface area contributed by atoms with Crippen LogP contribution in [0.5, 0.6) is 0 Å². The van der Waals surface area contributed by atoms with Gasteiger partial charge in [-0.15, -0.1) is 11.3 Å². The highest BCUT2D eigenvalue weighted by molar-refractivity contribution is 7.09. The lowest BCUT2D eigenvalue weighted by Gasteiger charge is -1.99. The number of nitrogens with zero attached hydrogens (tertiary/aromatic N) is 1. The van der Waals surface area contributed by atoms with E-state index in [1.54, 1.807) is 0 Å². The molecule has 1 fully saturated rings. The van der Waals surface area contributed by atoms with Crippen molar-refractivity contribution >= 4 is 11.3 Å². The minimum absolute atomic E-state index is 0.791. The van der Waals surface area contributed by atoms with Crippen molar-refractivity contribution in [2.24, 2.45) is 0 Å². The number of aromatic nitrogens is 1. The molecule has 0 atom stereocenters. The Kier molecular flexibility index (Phi) is 2.98. The number of benzene rings is 1. The molecule has 1 aromatic heterocycles. The van der Waals surface area contributed by atoms with Crippen molar-refractivity contribution in [2.45, 2.75) is 38.5 Å². The first-order valence-corrected chi connectivity index (χ1v) is 7.19. The molecule has 1 aliphatic rings. The van der Waals surface area contributed by atoms with Gasteiger partial charge < -0.3 is 0 Å². The summed E-state index contributed by atoms with van der Waals surface area (Å²) in [6, 6.07) is 8.83. The Morgan fingerprint density at radius 2 is 1.94 bits per heavy atom. The van der Waals surface area contributed by atoms with Gasteiger partial charge in [0.05, 0.1) is 10.7 Å². The maximum absolute atomic E-state index is 4.72. The molecule has 0 saturated heterocycles. The van der Waals surface area contributed by atoms with E-state index in [9.17, 15) is 0 Å². The van der Waals surface area contributed by atoms with E-state index in [2.05, 4.69) is 36.6 Å². The topological polar surface area (TPSA) is 12.9 Å². The second-order valence-corrected chi connectivity index (χ2v) is 5.87. The minimum Gasteiger partial charge on any atom is -0.246 e. The van der Waals surface area contributed by atoms with Gasteiger partial charge in [0.1, 0.15) is 0 Å². The van der Waals surface area contributed by atoms with Gasteiger partial charge in [-0.2, -0.15) is 0 Å². The molecule has 0 spiro atoms. The Bertz CT molecular complexity index is 494. The summed E-state index contributed by atoms with van der Waals surface area (Å²) in [5.41, 5.74) is 4.09. The first-order chi connectivity index (χ1) is 8.31. The van der Waals surface area contributed by atoms with E-state index in [4.69, 9.17) is 4.98 Å². The zero-order valence-electron chi connectivity index (χ0n) is 10.1. The standard InChI is InChI=1S/C15H17NS/c1-11-2-4-12(5-3-11)6-9-15-16-14(10-17-15)13-7-8-13/h2-5,10,13H,6-9H2,1H3. The third-order valence-electron chi connectivity index (χ3n) is 3.31. The van der Waals surface area contributed by atoms with Crippen molar-refractivity contribution in [1.82, 2.24) is 4.98 Å². The smallest absolute Gasteiger partial charge is 0.0931 e. The van der Waals surface area contributed by atoms with Crippen molar-refractivity contribution in [2.75, 3.05) is 0 Å². The van der Waals surface area contributed by atoms with Crippen molar-refractivity contribution in [1.29, 1.82) is 0 Å². The van der Waals surface area contributed by atoms with Crippen LogP contribution in [0.3, 0.4) is 0 Å². The van der Waals surface area contributed by atoms with E-state index in [1.165, 1.54) is 34.7 Å². The van der Waals surface area contributed by atoms with Crippen LogP contribution in [0.15, 0.2) is 29.6 Å². The van der Waals surface area contributed by atoms with Gasteiger partial charge in [0.2, 0.25) is 0 Å². The third kappa shape index (κ3) is 2.75. The second kappa shape index (κ2) is 4.61. The van der Waals surface area contributed by atoms with E-state index in [-0.39, 0.29) is 0 Å². The van der Waals surface area contributed by atoms with Crippen LogP contribution < -0.4 is 0 Å². The minimum atomic E-state index is 0.791. The molecule has 0 bridgehead atoms. The van der Waals surface area contributed by atoms with Gasteiger partial charge >= 0.3 is 0 Å². The fraction of sp³-hybridized carbons (Fsp3) is 0.400. The SMILES string of the molecule is Cc1ccc(CCc2nc(C3CC3)cs2)cc1. The van der Waals surface area contributed by atoms with Crippen LogP contribution >= 0.6 is 11.3 Å². The molecule has 0 amide bonds. The van der Waals surface area contributed by atoms with Crippen LogP contribution in [0.4, 0.5) is 0 Å². The lowest BCUT2D eigenvalue weighted by molar-refractivity contribution is 0.919. The van der Waals surface area contributed by atoms with Gasteiger partial charge in [0, 0.05) is 17.7 Å². The van der Waals surface area contributed by atoms with E-state index in [0.29, 0.717) is 0 Å². The first kappa shape index (κ1) is 11.0. The molecule has 0 N–H and O–H groups in total. The predicted molar refractivity (Wildman–Crippen MR) is 72.7 cm³/mol. The maximum atomic E-state index is 4.72. The molecule has 2 heteroatoms. The zero-order valence-corrected chi connectivity index (χ0v) is 11.0. The Morgan fingerprint density at radius 1 is 1.18 bits per heavy atom. The molecule has 0 radical (unpaired) electrons. The monoisotopic (exact) mass is 243 g/mol. The summed E-state index contributed by atoms with van der Waals surface area (Å²) in [6.07, 6.45) is 4.89. The molecular formula is C15H17NS. The van der Waals surface area contributed by atoms with E-state index < -0.39 is 0 Å². The number of thiazole rings is 1. The Morgan fingerprint density at radius 3 is 2.65 bits per heavy atom. The molecule has 0 aliphatic heterocycles. The van der Waals surface area contributed by atoms with Crippen LogP contribution in [-0.2, 0) is 12.8 Å². The molecule has 0 unspecified atom stereocenters. The van der Waals surface area contributed by atoms with Crippen LogP contribution in [-0.4, -0.2) is 4.98 Å². The summed E-state index contributed by atoms with van der Waals surface area (Å²) >= 11 is 1.83. The van der Waals surface area contributed by atoms with Crippen molar-refractivity contribution in [3.63, 3.8) is 0 Å². The molecule has 17 heavy (non-hydrogen) atoms. The Hall–Kier alpha value is -1.15. The molecular weight excluding hydrogens is 226 g/mol. The molecule has 1 heterocycles. The summed E-state index contributed by atoms with van der Waals surface area (Å²) < 4.78 is 0. The number of rotatable bonds is 4. The first-order valence-electron chi connectivity index (χ1n) is 6.31. The van der Waals surface area contributed by atoms with Gasteiger partial charge in [0.15, 0.2) is 0 Å². The Balaban J connectivity index is 1.60. The fourth-order valence-corrected chi connectivity index (χ4v) is 2.89. The molecule has 3 rings (SSSR count).